The molecule has 1 heterocycles. The number of benzene rings is 7. The van der Waals surface area contributed by atoms with Crippen LogP contribution in [0, 0.1) is 0 Å². The lowest BCUT2D eigenvalue weighted by atomic mass is 9.92. The van der Waals surface area contributed by atoms with Gasteiger partial charge in [0.2, 0.25) is 0 Å². The number of hydrogen-bond acceptors (Lipinski definition) is 2. The van der Waals surface area contributed by atoms with Gasteiger partial charge in [-0.1, -0.05) is 146 Å². The zero-order valence-electron chi connectivity index (χ0n) is 27.3. The van der Waals surface area contributed by atoms with E-state index in [9.17, 15) is 0 Å². The average Bonchev–Trinajstić information content (AvgIpc) is 3.17. The molecular formula is C47H34N2. The molecule has 8 aromatic rings. The Kier molecular flexibility index (Phi) is 7.97. The minimum atomic E-state index is 0.853. The van der Waals surface area contributed by atoms with Gasteiger partial charge in [0.25, 0.3) is 0 Å². The van der Waals surface area contributed by atoms with Crippen LogP contribution >= 0.6 is 0 Å². The van der Waals surface area contributed by atoms with Crippen molar-refractivity contribution < 1.29 is 0 Å². The summed E-state index contributed by atoms with van der Waals surface area (Å²) >= 11 is 0. The summed E-state index contributed by atoms with van der Waals surface area (Å²) < 4.78 is 0. The quantitative estimate of drug-likeness (QED) is 0.0981. The molecule has 0 N–H and O–H groups in total. The van der Waals surface area contributed by atoms with E-state index >= 15 is 0 Å². The molecule has 49 heavy (non-hydrogen) atoms. The van der Waals surface area contributed by atoms with Crippen molar-refractivity contribution in [3.8, 4) is 22.3 Å². The monoisotopic (exact) mass is 626 g/mol. The minimum Gasteiger partial charge on any atom is -0.264 e. The van der Waals surface area contributed by atoms with Crippen LogP contribution in [0.3, 0.4) is 0 Å². The SMILES string of the molecule is C=C(/C=C(\N=C(C)c1cccc2ccccc12)c1cccc(-c2cccnc2)c1)c1ccc(-c2cc3ccccc3c3ccccc23)cc1. The van der Waals surface area contributed by atoms with Crippen molar-refractivity contribution >= 4 is 49.3 Å². The molecule has 0 saturated heterocycles. The lowest BCUT2D eigenvalue weighted by Gasteiger charge is -2.13. The summed E-state index contributed by atoms with van der Waals surface area (Å²) in [6.45, 7) is 6.63. The maximum atomic E-state index is 5.30. The number of fused-ring (bicyclic) bond motifs is 4. The normalized spacial score (nSPS) is 12.1. The molecule has 0 bridgehead atoms. The van der Waals surface area contributed by atoms with Crippen LogP contribution in [0.5, 0.6) is 0 Å². The van der Waals surface area contributed by atoms with Crippen molar-refractivity contribution in [2.75, 3.05) is 0 Å². The average molecular weight is 627 g/mol. The van der Waals surface area contributed by atoms with Gasteiger partial charge in [-0.05, 0) is 91.3 Å². The van der Waals surface area contributed by atoms with Crippen LogP contribution in [0.1, 0.15) is 23.6 Å². The van der Waals surface area contributed by atoms with Crippen LogP contribution in [-0.2, 0) is 0 Å². The van der Waals surface area contributed by atoms with E-state index in [1.165, 1.54) is 43.4 Å². The number of hydrogen-bond donors (Lipinski definition) is 0. The molecule has 8 rings (SSSR count). The van der Waals surface area contributed by atoms with Crippen LogP contribution in [-0.4, -0.2) is 10.7 Å². The summed E-state index contributed by atoms with van der Waals surface area (Å²) in [7, 11) is 0. The molecule has 0 amide bonds. The predicted molar refractivity (Wildman–Crippen MR) is 210 cm³/mol. The summed E-state index contributed by atoms with van der Waals surface area (Å²) in [5.41, 5.74) is 10.4. The molecule has 0 aliphatic heterocycles. The van der Waals surface area contributed by atoms with Crippen molar-refractivity contribution in [2.45, 2.75) is 6.92 Å². The molecule has 232 valence electrons. The molecule has 0 aliphatic carbocycles. The Balaban J connectivity index is 1.20. The van der Waals surface area contributed by atoms with Gasteiger partial charge in [0, 0.05) is 34.8 Å². The first kappa shape index (κ1) is 30.0. The van der Waals surface area contributed by atoms with Crippen molar-refractivity contribution in [3.63, 3.8) is 0 Å². The fraction of sp³-hybridized carbons (Fsp3) is 0.0213. The Morgan fingerprint density at radius 1 is 0.551 bits per heavy atom. The van der Waals surface area contributed by atoms with Crippen LogP contribution in [0.25, 0.3) is 65.8 Å². The van der Waals surface area contributed by atoms with Gasteiger partial charge in [-0.3, -0.25) is 9.98 Å². The second-order valence-corrected chi connectivity index (χ2v) is 12.4. The zero-order chi connectivity index (χ0) is 33.2. The van der Waals surface area contributed by atoms with E-state index in [-0.39, 0.29) is 0 Å². The van der Waals surface area contributed by atoms with Gasteiger partial charge in [-0.15, -0.1) is 0 Å². The first-order valence-electron chi connectivity index (χ1n) is 16.6. The standard InChI is InChI=1S/C47H34N2/c1-32(34-23-25-36(26-24-34)46-30-38-13-4-6-19-43(38)44-20-7-8-21-45(44)46)28-47(39-16-9-15-37(29-39)40-17-11-27-48-31-40)49-33(2)41-22-10-14-35-12-3-5-18-42(35)41/h3-31H,1H2,2H3/b47-28-,49-33?. The zero-order valence-corrected chi connectivity index (χ0v) is 27.3. The molecule has 0 unspecified atom stereocenters. The van der Waals surface area contributed by atoms with Crippen LogP contribution < -0.4 is 0 Å². The summed E-state index contributed by atoms with van der Waals surface area (Å²) in [5.74, 6) is 0. The number of allylic oxidation sites excluding steroid dienone is 2. The molecule has 0 radical (unpaired) electrons. The van der Waals surface area contributed by atoms with E-state index in [1.54, 1.807) is 6.20 Å². The Morgan fingerprint density at radius 3 is 2.02 bits per heavy atom. The molecule has 0 aliphatic rings. The summed E-state index contributed by atoms with van der Waals surface area (Å²) in [6, 6.07) is 55.7. The number of nitrogens with zero attached hydrogens (tertiary/aromatic N) is 2. The highest BCUT2D eigenvalue weighted by molar-refractivity contribution is 6.14. The maximum Gasteiger partial charge on any atom is 0.0711 e. The van der Waals surface area contributed by atoms with Crippen molar-refractivity contribution in [1.82, 2.24) is 4.98 Å². The van der Waals surface area contributed by atoms with E-state index in [1.807, 2.05) is 12.3 Å². The molecule has 1 aromatic heterocycles. The Labute approximate surface area is 287 Å². The number of aliphatic imine (C=N–C) groups is 1. The number of rotatable bonds is 7. The van der Waals surface area contributed by atoms with Crippen LogP contribution in [0.15, 0.2) is 188 Å². The minimum absolute atomic E-state index is 0.853. The maximum absolute atomic E-state index is 5.30. The third-order valence-electron chi connectivity index (χ3n) is 9.27. The summed E-state index contributed by atoms with van der Waals surface area (Å²) in [5, 5.41) is 7.42. The smallest absolute Gasteiger partial charge is 0.0711 e. The van der Waals surface area contributed by atoms with Crippen LogP contribution in [0.4, 0.5) is 0 Å². The largest absolute Gasteiger partial charge is 0.264 e. The van der Waals surface area contributed by atoms with Gasteiger partial charge in [0.1, 0.15) is 0 Å². The molecular weight excluding hydrogens is 593 g/mol. The fourth-order valence-corrected chi connectivity index (χ4v) is 6.76. The van der Waals surface area contributed by atoms with Crippen molar-refractivity contribution in [1.29, 1.82) is 0 Å². The van der Waals surface area contributed by atoms with Crippen LogP contribution in [0.2, 0.25) is 0 Å². The number of pyridine rings is 1. The lowest BCUT2D eigenvalue weighted by molar-refractivity contribution is 1.33. The molecule has 0 spiro atoms. The number of aromatic nitrogens is 1. The molecule has 0 saturated carbocycles. The summed E-state index contributed by atoms with van der Waals surface area (Å²) in [6.07, 6.45) is 5.80. The summed E-state index contributed by atoms with van der Waals surface area (Å²) in [4.78, 5) is 9.64. The highest BCUT2D eigenvalue weighted by atomic mass is 14.8. The second kappa shape index (κ2) is 13.0. The Morgan fingerprint density at radius 2 is 1.22 bits per heavy atom. The van der Waals surface area contributed by atoms with Gasteiger partial charge < -0.3 is 0 Å². The highest BCUT2D eigenvalue weighted by Crippen LogP contribution is 2.36. The third-order valence-corrected chi connectivity index (χ3v) is 9.27. The van der Waals surface area contributed by atoms with E-state index in [0.717, 1.165) is 44.8 Å². The molecule has 2 heteroatoms. The molecule has 7 aromatic carbocycles. The van der Waals surface area contributed by atoms with Gasteiger partial charge in [0.15, 0.2) is 0 Å². The third kappa shape index (κ3) is 5.97. The molecule has 0 atom stereocenters. The highest BCUT2D eigenvalue weighted by Gasteiger charge is 2.11. The first-order valence-corrected chi connectivity index (χ1v) is 16.6. The van der Waals surface area contributed by atoms with Crippen molar-refractivity contribution in [3.05, 3.63) is 199 Å². The van der Waals surface area contributed by atoms with E-state index in [4.69, 9.17) is 4.99 Å². The van der Waals surface area contributed by atoms with E-state index < -0.39 is 0 Å². The fourth-order valence-electron chi connectivity index (χ4n) is 6.76. The topological polar surface area (TPSA) is 25.2 Å². The van der Waals surface area contributed by atoms with E-state index in [2.05, 4.69) is 176 Å². The Hall–Kier alpha value is -6.38. The molecule has 2 nitrogen and oxygen atoms in total. The van der Waals surface area contributed by atoms with Gasteiger partial charge in [-0.25, -0.2) is 0 Å². The molecule has 0 fully saturated rings. The van der Waals surface area contributed by atoms with Gasteiger partial charge in [-0.2, -0.15) is 0 Å². The lowest BCUT2D eigenvalue weighted by Crippen LogP contribution is -1.98. The van der Waals surface area contributed by atoms with Crippen molar-refractivity contribution in [2.24, 2.45) is 4.99 Å². The van der Waals surface area contributed by atoms with Gasteiger partial charge in [0.05, 0.1) is 5.70 Å². The van der Waals surface area contributed by atoms with Gasteiger partial charge >= 0.3 is 0 Å². The van der Waals surface area contributed by atoms with E-state index in [0.29, 0.717) is 0 Å². The second-order valence-electron chi connectivity index (χ2n) is 12.4. The first-order chi connectivity index (χ1) is 24.1. The Bertz CT molecular complexity index is 2550. The predicted octanol–water partition coefficient (Wildman–Crippen LogP) is 12.4.